The minimum atomic E-state index is -1.60. The van der Waals surface area contributed by atoms with Crippen molar-refractivity contribution >= 4 is 40.6 Å². The van der Waals surface area contributed by atoms with Gasteiger partial charge >= 0.3 is 5.97 Å². The van der Waals surface area contributed by atoms with Crippen LogP contribution < -0.4 is 33.2 Å². The van der Waals surface area contributed by atoms with Gasteiger partial charge < -0.3 is 48.3 Å². The van der Waals surface area contributed by atoms with E-state index >= 15 is 0 Å². The Bertz CT molecular complexity index is 1160. The molecule has 0 saturated heterocycles. The van der Waals surface area contributed by atoms with Gasteiger partial charge in [-0.15, -0.1) is 0 Å². The van der Waals surface area contributed by atoms with Crippen LogP contribution in [0.15, 0.2) is 35.5 Å². The van der Waals surface area contributed by atoms with Gasteiger partial charge in [-0.05, 0) is 38.3 Å². The van der Waals surface area contributed by atoms with Gasteiger partial charge in [-0.3, -0.25) is 19.4 Å². The number of fused-ring (bicyclic) bond motifs is 1. The Kier molecular flexibility index (Phi) is 11.0. The molecule has 0 saturated carbocycles. The minimum absolute atomic E-state index is 0.0432. The number of hydrogen-bond donors (Lipinski definition) is 9. The van der Waals surface area contributed by atoms with E-state index in [1.807, 2.05) is 24.3 Å². The van der Waals surface area contributed by atoms with E-state index in [0.29, 0.717) is 0 Å². The lowest BCUT2D eigenvalue weighted by atomic mass is 10.0. The number of benzene rings is 1. The van der Waals surface area contributed by atoms with Gasteiger partial charge in [0.2, 0.25) is 17.7 Å². The number of nitrogens with one attached hydrogen (secondary N) is 4. The first kappa shape index (κ1) is 30.1. The number of aromatic amines is 1. The molecule has 5 unspecified atom stereocenters. The molecule has 1 aromatic heterocycles. The van der Waals surface area contributed by atoms with E-state index in [2.05, 4.69) is 25.9 Å². The molecular weight excluding hydrogens is 496 g/mol. The SMILES string of the molecule is CC(N)C(=O)NC(Cc1c[nH]c2ccccc12)C(=O)NC(CCCN=C(N)N)C(=O)NC(C(=O)O)C(C)O. The summed E-state index contributed by atoms with van der Waals surface area (Å²) in [7, 11) is 0. The van der Waals surface area contributed by atoms with E-state index in [0.717, 1.165) is 16.5 Å². The summed E-state index contributed by atoms with van der Waals surface area (Å²) in [6, 6.07) is 2.62. The summed E-state index contributed by atoms with van der Waals surface area (Å²) in [5.74, 6) is -3.68. The first-order valence-corrected chi connectivity index (χ1v) is 12.1. The van der Waals surface area contributed by atoms with Gasteiger partial charge in [0.15, 0.2) is 12.0 Å². The molecule has 3 amide bonds. The summed E-state index contributed by atoms with van der Waals surface area (Å²) in [5, 5.41) is 27.4. The molecule has 12 N–H and O–H groups in total. The monoisotopic (exact) mass is 532 g/mol. The van der Waals surface area contributed by atoms with Gasteiger partial charge in [0, 0.05) is 30.1 Å². The van der Waals surface area contributed by atoms with Gasteiger partial charge in [-0.1, -0.05) is 18.2 Å². The van der Waals surface area contributed by atoms with Crippen LogP contribution in [0.3, 0.4) is 0 Å². The van der Waals surface area contributed by atoms with E-state index in [1.165, 1.54) is 13.8 Å². The average Bonchev–Trinajstić information content (AvgIpc) is 3.25. The predicted octanol–water partition coefficient (Wildman–Crippen LogP) is -1.97. The lowest BCUT2D eigenvalue weighted by Gasteiger charge is -2.25. The molecule has 0 spiro atoms. The Hall–Kier alpha value is -4.17. The number of nitrogens with two attached hydrogens (primary N) is 3. The fraction of sp³-hybridized carbons (Fsp3) is 0.458. The Balaban J connectivity index is 2.28. The number of carbonyl (C=O) groups is 4. The summed E-state index contributed by atoms with van der Waals surface area (Å²) in [4.78, 5) is 57.2. The smallest absolute Gasteiger partial charge is 0.328 e. The first-order valence-electron chi connectivity index (χ1n) is 12.1. The molecular formula is C24H36N8O6. The van der Waals surface area contributed by atoms with Crippen molar-refractivity contribution in [2.75, 3.05) is 6.54 Å². The second kappa shape index (κ2) is 13.9. The molecule has 0 radical (unpaired) electrons. The van der Waals surface area contributed by atoms with Crippen molar-refractivity contribution in [2.45, 2.75) is 63.4 Å². The molecule has 0 aliphatic carbocycles. The maximum atomic E-state index is 13.4. The number of hydrogen-bond acceptors (Lipinski definition) is 7. The van der Waals surface area contributed by atoms with E-state index in [9.17, 15) is 29.4 Å². The zero-order valence-electron chi connectivity index (χ0n) is 21.3. The highest BCUT2D eigenvalue weighted by molar-refractivity contribution is 5.94. The number of H-pyrrole nitrogens is 1. The van der Waals surface area contributed by atoms with Crippen LogP contribution in [0, 0.1) is 0 Å². The van der Waals surface area contributed by atoms with Crippen LogP contribution in [0.1, 0.15) is 32.3 Å². The van der Waals surface area contributed by atoms with E-state index in [4.69, 9.17) is 17.2 Å². The predicted molar refractivity (Wildman–Crippen MR) is 141 cm³/mol. The van der Waals surface area contributed by atoms with Gasteiger partial charge in [-0.25, -0.2) is 4.79 Å². The summed E-state index contributed by atoms with van der Waals surface area (Å²) < 4.78 is 0. The molecule has 5 atom stereocenters. The summed E-state index contributed by atoms with van der Waals surface area (Å²) in [6.07, 6.45) is 0.725. The van der Waals surface area contributed by atoms with Crippen LogP contribution in [0.25, 0.3) is 10.9 Å². The molecule has 14 nitrogen and oxygen atoms in total. The summed E-state index contributed by atoms with van der Waals surface area (Å²) in [5.41, 5.74) is 17.9. The second-order valence-corrected chi connectivity index (χ2v) is 8.99. The van der Waals surface area contributed by atoms with Gasteiger partial charge in [-0.2, -0.15) is 0 Å². The minimum Gasteiger partial charge on any atom is -0.480 e. The fourth-order valence-electron chi connectivity index (χ4n) is 3.72. The molecule has 1 aromatic carbocycles. The highest BCUT2D eigenvalue weighted by atomic mass is 16.4. The molecule has 0 bridgehead atoms. The zero-order valence-corrected chi connectivity index (χ0v) is 21.3. The van der Waals surface area contributed by atoms with Crippen LogP contribution in [0.5, 0.6) is 0 Å². The van der Waals surface area contributed by atoms with Crippen molar-refractivity contribution in [1.29, 1.82) is 0 Å². The maximum Gasteiger partial charge on any atom is 0.328 e. The van der Waals surface area contributed by atoms with Crippen molar-refractivity contribution in [3.8, 4) is 0 Å². The van der Waals surface area contributed by atoms with Crippen LogP contribution >= 0.6 is 0 Å². The van der Waals surface area contributed by atoms with Crippen molar-refractivity contribution in [3.05, 3.63) is 36.0 Å². The Morgan fingerprint density at radius 3 is 2.24 bits per heavy atom. The zero-order chi connectivity index (χ0) is 28.4. The first-order chi connectivity index (χ1) is 17.9. The van der Waals surface area contributed by atoms with Crippen molar-refractivity contribution < 1.29 is 29.4 Å². The molecule has 208 valence electrons. The number of aliphatic imine (C=N–C) groups is 1. The number of guanidine groups is 1. The highest BCUT2D eigenvalue weighted by Crippen LogP contribution is 2.19. The quantitative estimate of drug-likeness (QED) is 0.0742. The average molecular weight is 533 g/mol. The third kappa shape index (κ3) is 8.74. The lowest BCUT2D eigenvalue weighted by molar-refractivity contribution is -0.145. The highest BCUT2D eigenvalue weighted by Gasteiger charge is 2.31. The van der Waals surface area contributed by atoms with Crippen LogP contribution in [-0.2, 0) is 25.6 Å². The topological polar surface area (TPSA) is 251 Å². The fourth-order valence-corrected chi connectivity index (χ4v) is 3.72. The normalized spacial score (nSPS) is 14.9. The Labute approximate surface area is 219 Å². The van der Waals surface area contributed by atoms with E-state index in [-0.39, 0.29) is 31.8 Å². The van der Waals surface area contributed by atoms with E-state index < -0.39 is 54.0 Å². The molecule has 14 heteroatoms. The number of aliphatic carboxylic acids is 1. The van der Waals surface area contributed by atoms with Gasteiger partial charge in [0.1, 0.15) is 12.1 Å². The van der Waals surface area contributed by atoms with Gasteiger partial charge in [0.05, 0.1) is 12.1 Å². The largest absolute Gasteiger partial charge is 0.480 e. The van der Waals surface area contributed by atoms with Crippen molar-refractivity contribution in [3.63, 3.8) is 0 Å². The van der Waals surface area contributed by atoms with Crippen LogP contribution in [-0.4, -0.2) is 81.7 Å². The van der Waals surface area contributed by atoms with Crippen molar-refractivity contribution in [1.82, 2.24) is 20.9 Å². The number of aliphatic hydroxyl groups excluding tert-OH is 1. The van der Waals surface area contributed by atoms with Crippen molar-refractivity contribution in [2.24, 2.45) is 22.2 Å². The van der Waals surface area contributed by atoms with Crippen LogP contribution in [0.4, 0.5) is 0 Å². The third-order valence-corrected chi connectivity index (χ3v) is 5.77. The molecule has 1 heterocycles. The Morgan fingerprint density at radius 1 is 1.00 bits per heavy atom. The van der Waals surface area contributed by atoms with E-state index in [1.54, 1.807) is 6.20 Å². The molecule has 38 heavy (non-hydrogen) atoms. The molecule has 0 aliphatic heterocycles. The Morgan fingerprint density at radius 2 is 1.63 bits per heavy atom. The molecule has 0 fully saturated rings. The number of carboxylic acid groups (broad SMARTS) is 1. The summed E-state index contributed by atoms with van der Waals surface area (Å²) in [6.45, 7) is 2.84. The number of carboxylic acids is 1. The lowest BCUT2D eigenvalue weighted by Crippen LogP contribution is -2.58. The number of amides is 3. The number of rotatable bonds is 14. The third-order valence-electron chi connectivity index (χ3n) is 5.77. The molecule has 2 rings (SSSR count). The maximum absolute atomic E-state index is 13.4. The molecule has 2 aromatic rings. The van der Waals surface area contributed by atoms with Crippen LogP contribution in [0.2, 0.25) is 0 Å². The summed E-state index contributed by atoms with van der Waals surface area (Å²) >= 11 is 0. The number of aromatic nitrogens is 1. The number of aliphatic hydroxyl groups is 1. The number of para-hydroxylation sites is 1. The molecule has 0 aliphatic rings. The second-order valence-electron chi connectivity index (χ2n) is 8.99. The van der Waals surface area contributed by atoms with Gasteiger partial charge in [0.25, 0.3) is 0 Å². The standard InChI is InChI=1S/C24H36N8O6/c1-12(25)20(34)31-18(10-14-11-29-16-7-4-3-6-15(14)16)22(36)30-17(8-5-9-28-24(26)27)21(35)32-19(13(2)33)23(37)38/h3-4,6-7,11-13,17-19,29,33H,5,8-10,25H2,1-2H3,(H,30,36)(H,31,34)(H,32,35)(H,37,38)(H4,26,27,28). The number of nitrogens with zero attached hydrogens (tertiary/aromatic N) is 1. The number of carbonyl (C=O) groups excluding carboxylic acids is 3.